The summed E-state index contributed by atoms with van der Waals surface area (Å²) < 4.78 is 18.4. The first-order valence-corrected chi connectivity index (χ1v) is 10.8. The summed E-state index contributed by atoms with van der Waals surface area (Å²) in [5.74, 6) is 0.899. The largest absolute Gasteiger partial charge is 0.485 e. The molecule has 1 unspecified atom stereocenters. The fourth-order valence-electron chi connectivity index (χ4n) is 3.94. The molecule has 0 spiro atoms. The summed E-state index contributed by atoms with van der Waals surface area (Å²) in [5, 5.41) is 12.5. The Labute approximate surface area is 183 Å². The molecule has 0 fully saturated rings. The van der Waals surface area contributed by atoms with Crippen molar-refractivity contribution in [3.63, 3.8) is 0 Å². The minimum Gasteiger partial charge on any atom is -0.485 e. The fraction of sp³-hybridized carbons (Fsp3) is 0.308. The summed E-state index contributed by atoms with van der Waals surface area (Å²) in [6.45, 7) is 7.35. The molecule has 5 heteroatoms. The molecule has 1 aromatic heterocycles. The first kappa shape index (κ1) is 20.2. The van der Waals surface area contributed by atoms with Gasteiger partial charge in [-0.15, -0.1) is 0 Å². The van der Waals surface area contributed by atoms with Crippen molar-refractivity contribution in [1.82, 2.24) is 0 Å². The highest BCUT2D eigenvalue weighted by molar-refractivity contribution is 6.47. The molecule has 0 saturated carbocycles. The highest BCUT2D eigenvalue weighted by Crippen LogP contribution is 2.41. The molecule has 1 aliphatic rings. The van der Waals surface area contributed by atoms with Gasteiger partial charge in [0.25, 0.3) is 0 Å². The van der Waals surface area contributed by atoms with Gasteiger partial charge < -0.3 is 18.9 Å². The molecule has 31 heavy (non-hydrogen) atoms. The van der Waals surface area contributed by atoms with E-state index < -0.39 is 11.2 Å². The Hall–Kier alpha value is -2.76. The van der Waals surface area contributed by atoms with Gasteiger partial charge in [-0.25, -0.2) is 0 Å². The van der Waals surface area contributed by atoms with Crippen LogP contribution in [-0.4, -0.2) is 23.8 Å². The van der Waals surface area contributed by atoms with E-state index in [0.29, 0.717) is 7.48 Å². The zero-order valence-electron chi connectivity index (χ0n) is 18.4. The zero-order chi connectivity index (χ0) is 21.8. The fourth-order valence-corrected chi connectivity index (χ4v) is 3.94. The van der Waals surface area contributed by atoms with Crippen molar-refractivity contribution in [2.75, 3.05) is 0 Å². The van der Waals surface area contributed by atoms with Gasteiger partial charge >= 0.3 is 7.48 Å². The number of hydrogen-bond acceptors (Lipinski definition) is 4. The third-order valence-electron chi connectivity index (χ3n) is 6.64. The van der Waals surface area contributed by atoms with E-state index >= 15 is 0 Å². The number of rotatable bonds is 5. The predicted octanol–water partition coefficient (Wildman–Crippen LogP) is 4.81. The maximum atomic E-state index is 10.3. The summed E-state index contributed by atoms with van der Waals surface area (Å²) in [6.07, 6.45) is 0.895. The van der Waals surface area contributed by atoms with E-state index in [1.165, 1.54) is 11.1 Å². The van der Waals surface area contributed by atoms with Crippen LogP contribution >= 0.6 is 0 Å². The van der Waals surface area contributed by atoms with E-state index in [4.69, 9.17) is 13.8 Å². The Morgan fingerprint density at radius 1 is 0.935 bits per heavy atom. The van der Waals surface area contributed by atoms with Gasteiger partial charge in [0, 0.05) is 23.3 Å². The summed E-state index contributed by atoms with van der Waals surface area (Å²) >= 11 is 0. The second-order valence-electron chi connectivity index (χ2n) is 9.47. The van der Waals surface area contributed by atoms with Crippen LogP contribution in [-0.2, 0) is 11.1 Å². The first-order valence-electron chi connectivity index (χ1n) is 10.8. The van der Waals surface area contributed by atoms with Gasteiger partial charge in [-0.2, -0.15) is 0 Å². The monoisotopic (exact) mass is 414 g/mol. The number of ether oxygens (including phenoxy) is 1. The zero-order valence-corrected chi connectivity index (χ0v) is 18.4. The summed E-state index contributed by atoms with van der Waals surface area (Å²) in [6, 6.07) is 20.7. The standard InChI is InChI=1S/C26H27BO4/c1-25(2,28)26(3,4)31-27-18-10-11-21-20(14-18)19-12-17-13-22(16-8-6-5-7-9-16)30-23(17)15-24(19)29-21/h5-12,14-15,22,27-28H,13H2,1-4H3. The maximum Gasteiger partial charge on any atom is 0.309 e. The summed E-state index contributed by atoms with van der Waals surface area (Å²) in [4.78, 5) is 0. The van der Waals surface area contributed by atoms with Gasteiger partial charge in [0.2, 0.25) is 0 Å². The molecule has 3 aromatic carbocycles. The van der Waals surface area contributed by atoms with Gasteiger partial charge in [0.05, 0.1) is 11.2 Å². The maximum absolute atomic E-state index is 10.3. The van der Waals surface area contributed by atoms with Crippen LogP contribution in [0.3, 0.4) is 0 Å². The molecule has 4 nitrogen and oxygen atoms in total. The summed E-state index contributed by atoms with van der Waals surface area (Å²) in [7, 11) is 0.420. The van der Waals surface area contributed by atoms with Crippen molar-refractivity contribution in [1.29, 1.82) is 0 Å². The van der Waals surface area contributed by atoms with Crippen molar-refractivity contribution >= 4 is 34.9 Å². The molecule has 1 atom stereocenters. The number of furan rings is 1. The normalized spacial score (nSPS) is 16.5. The number of hydrogen-bond donors (Lipinski definition) is 1. The lowest BCUT2D eigenvalue weighted by Crippen LogP contribution is -2.49. The van der Waals surface area contributed by atoms with Crippen LogP contribution in [0.15, 0.2) is 65.1 Å². The molecule has 0 amide bonds. The van der Waals surface area contributed by atoms with E-state index in [-0.39, 0.29) is 6.10 Å². The van der Waals surface area contributed by atoms with Gasteiger partial charge in [-0.3, -0.25) is 0 Å². The van der Waals surface area contributed by atoms with Crippen molar-refractivity contribution in [2.24, 2.45) is 0 Å². The van der Waals surface area contributed by atoms with Gasteiger partial charge in [-0.1, -0.05) is 47.9 Å². The molecular formula is C26H27BO4. The third-order valence-corrected chi connectivity index (χ3v) is 6.64. The van der Waals surface area contributed by atoms with Crippen LogP contribution in [0.4, 0.5) is 0 Å². The van der Waals surface area contributed by atoms with Crippen LogP contribution in [0.25, 0.3) is 21.9 Å². The highest BCUT2D eigenvalue weighted by Gasteiger charge is 2.35. The quantitative estimate of drug-likeness (QED) is 0.477. The van der Waals surface area contributed by atoms with E-state index in [1.807, 2.05) is 50.2 Å². The van der Waals surface area contributed by atoms with Crippen LogP contribution in [0.5, 0.6) is 5.75 Å². The minimum atomic E-state index is -0.935. The molecule has 0 radical (unpaired) electrons. The van der Waals surface area contributed by atoms with Crippen molar-refractivity contribution < 1.29 is 18.9 Å². The third kappa shape index (κ3) is 3.62. The number of fused-ring (bicyclic) bond motifs is 4. The molecule has 1 N–H and O–H groups in total. The van der Waals surface area contributed by atoms with Gasteiger partial charge in [-0.05, 0) is 51.0 Å². The van der Waals surface area contributed by atoms with E-state index in [1.54, 1.807) is 13.8 Å². The molecular weight excluding hydrogens is 387 g/mol. The minimum absolute atomic E-state index is 0.0435. The van der Waals surface area contributed by atoms with Gasteiger partial charge in [0.1, 0.15) is 23.0 Å². The van der Waals surface area contributed by atoms with Gasteiger partial charge in [0.15, 0.2) is 0 Å². The molecule has 0 saturated heterocycles. The van der Waals surface area contributed by atoms with Crippen LogP contribution in [0, 0.1) is 0 Å². The predicted molar refractivity (Wildman–Crippen MR) is 125 cm³/mol. The van der Waals surface area contributed by atoms with Crippen LogP contribution in [0.1, 0.15) is 44.9 Å². The first-order chi connectivity index (χ1) is 14.7. The van der Waals surface area contributed by atoms with Crippen LogP contribution < -0.4 is 10.2 Å². The second kappa shape index (κ2) is 7.15. The lowest BCUT2D eigenvalue weighted by atomic mass is 9.82. The molecule has 1 aliphatic heterocycles. The Balaban J connectivity index is 1.45. The molecule has 158 valence electrons. The van der Waals surface area contributed by atoms with E-state index in [0.717, 1.165) is 39.6 Å². The lowest BCUT2D eigenvalue weighted by molar-refractivity contribution is -0.0893. The van der Waals surface area contributed by atoms with Crippen molar-refractivity contribution in [3.8, 4) is 5.75 Å². The average molecular weight is 414 g/mol. The SMILES string of the molecule is CC(C)(O)C(C)(C)OBc1ccc2oc3cc4c(cc3c2c1)CC(c1ccccc1)O4. The van der Waals surface area contributed by atoms with Crippen molar-refractivity contribution in [2.45, 2.75) is 51.4 Å². The van der Waals surface area contributed by atoms with E-state index in [2.05, 4.69) is 24.3 Å². The number of aliphatic hydroxyl groups is 1. The molecule has 2 heterocycles. The van der Waals surface area contributed by atoms with Crippen molar-refractivity contribution in [3.05, 3.63) is 71.8 Å². The van der Waals surface area contributed by atoms with E-state index in [9.17, 15) is 5.11 Å². The Morgan fingerprint density at radius 2 is 1.68 bits per heavy atom. The molecule has 0 bridgehead atoms. The highest BCUT2D eigenvalue weighted by atomic mass is 16.5. The summed E-state index contributed by atoms with van der Waals surface area (Å²) in [5.41, 5.74) is 3.52. The lowest BCUT2D eigenvalue weighted by Gasteiger charge is -2.37. The molecule has 4 aromatic rings. The molecule has 5 rings (SSSR count). The number of benzene rings is 3. The Kier molecular flexibility index (Phi) is 4.65. The Morgan fingerprint density at radius 3 is 2.42 bits per heavy atom. The smallest absolute Gasteiger partial charge is 0.309 e. The topological polar surface area (TPSA) is 51.8 Å². The average Bonchev–Trinajstić information content (AvgIpc) is 3.30. The molecule has 0 aliphatic carbocycles. The van der Waals surface area contributed by atoms with Crippen LogP contribution in [0.2, 0.25) is 0 Å². The second-order valence-corrected chi connectivity index (χ2v) is 9.47. The Bertz CT molecular complexity index is 1250.